The third-order valence-electron chi connectivity index (χ3n) is 2.05. The maximum Gasteiger partial charge on any atom is 0.317 e. The predicted octanol–water partition coefficient (Wildman–Crippen LogP) is 4.47. The SMILES string of the molecule is CCOP(=O)(/C=C\SC)Nc1ccc(C)cc1. The fraction of sp³-hybridized carbons (Fsp3) is 0.333. The van der Waals surface area contributed by atoms with Crippen LogP contribution >= 0.6 is 19.3 Å². The average molecular weight is 271 g/mol. The van der Waals surface area contributed by atoms with E-state index in [2.05, 4.69) is 5.09 Å². The van der Waals surface area contributed by atoms with Crippen LogP contribution in [0.1, 0.15) is 12.5 Å². The summed E-state index contributed by atoms with van der Waals surface area (Å²) >= 11 is 1.49. The van der Waals surface area contributed by atoms with Crippen LogP contribution < -0.4 is 5.09 Å². The highest BCUT2D eigenvalue weighted by Crippen LogP contribution is 2.48. The van der Waals surface area contributed by atoms with Crippen LogP contribution in [0.15, 0.2) is 35.5 Å². The number of hydrogen-bond donors (Lipinski definition) is 1. The zero-order chi connectivity index (χ0) is 12.7. The van der Waals surface area contributed by atoms with E-state index in [1.807, 2.05) is 44.4 Å². The highest BCUT2D eigenvalue weighted by atomic mass is 32.2. The second-order valence-electron chi connectivity index (χ2n) is 3.51. The van der Waals surface area contributed by atoms with Crippen molar-refractivity contribution in [2.75, 3.05) is 17.9 Å². The lowest BCUT2D eigenvalue weighted by atomic mass is 10.2. The van der Waals surface area contributed by atoms with Crippen LogP contribution in [0.4, 0.5) is 5.69 Å². The summed E-state index contributed by atoms with van der Waals surface area (Å²) < 4.78 is 17.7. The van der Waals surface area contributed by atoms with Crippen molar-refractivity contribution in [3.63, 3.8) is 0 Å². The molecule has 0 saturated carbocycles. The van der Waals surface area contributed by atoms with E-state index in [9.17, 15) is 4.57 Å². The molecule has 0 heterocycles. The summed E-state index contributed by atoms with van der Waals surface area (Å²) in [4.78, 5) is 0. The summed E-state index contributed by atoms with van der Waals surface area (Å²) in [5.41, 5.74) is 1.97. The standard InChI is InChI=1S/C12H18NO2PS/c1-4-15-16(14,9-10-17-3)13-12-7-5-11(2)6-8-12/h5-10H,4H2,1-3H3,(H,13,14)/b10-9-. The molecule has 5 heteroatoms. The molecule has 1 aromatic rings. The van der Waals surface area contributed by atoms with Gasteiger partial charge in [0.25, 0.3) is 0 Å². The van der Waals surface area contributed by atoms with Gasteiger partial charge in [-0.25, -0.2) is 0 Å². The summed E-state index contributed by atoms with van der Waals surface area (Å²) in [5, 5.41) is 4.73. The number of thioether (sulfide) groups is 1. The lowest BCUT2D eigenvalue weighted by molar-refractivity contribution is 0.344. The number of aryl methyl sites for hydroxylation is 1. The molecule has 0 radical (unpaired) electrons. The van der Waals surface area contributed by atoms with Crippen molar-refractivity contribution in [3.05, 3.63) is 41.1 Å². The van der Waals surface area contributed by atoms with Crippen LogP contribution in [0.25, 0.3) is 0 Å². The Hall–Kier alpha value is -0.700. The Bertz CT molecular complexity index is 417. The van der Waals surface area contributed by atoms with Crippen molar-refractivity contribution in [2.24, 2.45) is 0 Å². The van der Waals surface area contributed by atoms with Gasteiger partial charge in [0.1, 0.15) is 0 Å². The number of anilines is 1. The molecule has 0 aliphatic rings. The molecule has 1 rings (SSSR count). The fourth-order valence-electron chi connectivity index (χ4n) is 1.25. The van der Waals surface area contributed by atoms with Gasteiger partial charge in [0.15, 0.2) is 0 Å². The van der Waals surface area contributed by atoms with Gasteiger partial charge in [0.2, 0.25) is 0 Å². The Morgan fingerprint density at radius 3 is 2.59 bits per heavy atom. The van der Waals surface area contributed by atoms with E-state index in [4.69, 9.17) is 4.52 Å². The Labute approximate surface area is 107 Å². The Balaban J connectivity index is 2.82. The van der Waals surface area contributed by atoms with Gasteiger partial charge < -0.3 is 9.61 Å². The minimum absolute atomic E-state index is 0.412. The molecule has 3 nitrogen and oxygen atoms in total. The molecule has 1 unspecified atom stereocenters. The Morgan fingerprint density at radius 2 is 2.06 bits per heavy atom. The van der Waals surface area contributed by atoms with Gasteiger partial charge in [0, 0.05) is 11.5 Å². The van der Waals surface area contributed by atoms with Gasteiger partial charge >= 0.3 is 7.52 Å². The van der Waals surface area contributed by atoms with Crippen molar-refractivity contribution in [1.29, 1.82) is 0 Å². The van der Waals surface area contributed by atoms with Crippen molar-refractivity contribution in [2.45, 2.75) is 13.8 Å². The molecule has 0 bridgehead atoms. The monoisotopic (exact) mass is 271 g/mol. The highest BCUT2D eigenvalue weighted by Gasteiger charge is 2.18. The molecular formula is C12H18NO2PS. The van der Waals surface area contributed by atoms with Crippen LogP contribution in [0.3, 0.4) is 0 Å². The molecule has 1 aromatic carbocycles. The van der Waals surface area contributed by atoms with E-state index >= 15 is 0 Å². The molecular weight excluding hydrogens is 253 g/mol. The van der Waals surface area contributed by atoms with Crippen LogP contribution in [-0.4, -0.2) is 12.9 Å². The average Bonchev–Trinajstić information content (AvgIpc) is 2.30. The predicted molar refractivity (Wildman–Crippen MR) is 76.7 cm³/mol. The molecule has 0 aliphatic carbocycles. The van der Waals surface area contributed by atoms with E-state index in [-0.39, 0.29) is 0 Å². The molecule has 0 amide bonds. The van der Waals surface area contributed by atoms with E-state index in [1.54, 1.807) is 11.2 Å². The smallest absolute Gasteiger partial charge is 0.312 e. The Morgan fingerprint density at radius 1 is 1.41 bits per heavy atom. The van der Waals surface area contributed by atoms with Gasteiger partial charge in [-0.3, -0.25) is 4.57 Å². The number of nitrogens with one attached hydrogen (secondary N) is 1. The maximum absolute atomic E-state index is 12.4. The third-order valence-corrected chi connectivity index (χ3v) is 4.41. The summed E-state index contributed by atoms with van der Waals surface area (Å²) in [7, 11) is -2.92. The summed E-state index contributed by atoms with van der Waals surface area (Å²) in [5.74, 6) is 1.60. The van der Waals surface area contributed by atoms with Crippen LogP contribution in [-0.2, 0) is 9.09 Å². The van der Waals surface area contributed by atoms with Crippen molar-refractivity contribution in [3.8, 4) is 0 Å². The second-order valence-corrected chi connectivity index (χ2v) is 6.23. The van der Waals surface area contributed by atoms with Crippen molar-refractivity contribution < 1.29 is 9.09 Å². The number of rotatable bonds is 6. The quantitative estimate of drug-likeness (QED) is 0.775. The molecule has 1 atom stereocenters. The summed E-state index contributed by atoms with van der Waals surface area (Å²) in [6, 6.07) is 7.73. The van der Waals surface area contributed by atoms with Crippen LogP contribution in [0, 0.1) is 6.92 Å². The van der Waals surface area contributed by atoms with Crippen LogP contribution in [0.2, 0.25) is 0 Å². The normalized spacial score (nSPS) is 14.8. The maximum atomic E-state index is 12.4. The topological polar surface area (TPSA) is 38.3 Å². The molecule has 0 saturated heterocycles. The molecule has 17 heavy (non-hydrogen) atoms. The van der Waals surface area contributed by atoms with E-state index in [0.29, 0.717) is 6.61 Å². The van der Waals surface area contributed by atoms with Gasteiger partial charge in [-0.05, 0) is 37.6 Å². The largest absolute Gasteiger partial charge is 0.317 e. The molecule has 94 valence electrons. The zero-order valence-corrected chi connectivity index (χ0v) is 12.1. The van der Waals surface area contributed by atoms with E-state index < -0.39 is 7.52 Å². The highest BCUT2D eigenvalue weighted by molar-refractivity contribution is 8.01. The molecule has 0 aliphatic heterocycles. The lowest BCUT2D eigenvalue weighted by Crippen LogP contribution is -1.98. The lowest BCUT2D eigenvalue weighted by Gasteiger charge is -2.16. The van der Waals surface area contributed by atoms with E-state index in [1.165, 1.54) is 17.3 Å². The summed E-state index contributed by atoms with van der Waals surface area (Å²) in [6.07, 6.45) is 1.92. The first-order valence-corrected chi connectivity index (χ1v) is 8.37. The first-order chi connectivity index (χ1) is 8.09. The Kier molecular flexibility index (Phi) is 5.83. The fourth-order valence-corrected chi connectivity index (χ4v) is 3.50. The molecule has 0 aromatic heterocycles. The molecule has 0 spiro atoms. The third kappa shape index (κ3) is 4.99. The van der Waals surface area contributed by atoms with Crippen molar-refractivity contribution in [1.82, 2.24) is 0 Å². The zero-order valence-electron chi connectivity index (χ0n) is 10.3. The van der Waals surface area contributed by atoms with Crippen molar-refractivity contribution >= 4 is 25.0 Å². The van der Waals surface area contributed by atoms with Gasteiger partial charge in [0.05, 0.1) is 6.61 Å². The number of benzene rings is 1. The number of hydrogen-bond acceptors (Lipinski definition) is 3. The molecule has 0 fully saturated rings. The second kappa shape index (κ2) is 6.90. The first-order valence-electron chi connectivity index (χ1n) is 5.39. The minimum Gasteiger partial charge on any atom is -0.312 e. The van der Waals surface area contributed by atoms with Gasteiger partial charge in [-0.2, -0.15) is 0 Å². The van der Waals surface area contributed by atoms with Crippen LogP contribution in [0.5, 0.6) is 0 Å². The van der Waals surface area contributed by atoms with E-state index in [0.717, 1.165) is 5.69 Å². The minimum atomic E-state index is -2.92. The molecule has 1 N–H and O–H groups in total. The summed E-state index contributed by atoms with van der Waals surface area (Å²) in [6.45, 7) is 4.25. The van der Waals surface area contributed by atoms with Gasteiger partial charge in [-0.15, -0.1) is 11.8 Å². The van der Waals surface area contributed by atoms with Gasteiger partial charge in [-0.1, -0.05) is 17.7 Å². The first kappa shape index (κ1) is 14.4.